The van der Waals surface area contributed by atoms with Crippen molar-refractivity contribution < 1.29 is 4.79 Å². The molecule has 0 bridgehead atoms. The fraction of sp³-hybridized carbons (Fsp3) is 0.389. The summed E-state index contributed by atoms with van der Waals surface area (Å²) in [4.78, 5) is 16.5. The molecule has 3 aromatic rings. The third-order valence-corrected chi connectivity index (χ3v) is 4.73. The van der Waals surface area contributed by atoms with Crippen molar-refractivity contribution in [3.8, 4) is 0 Å². The molecule has 124 valence electrons. The average molecular weight is 323 g/mol. The first-order valence-corrected chi connectivity index (χ1v) is 8.49. The van der Waals surface area contributed by atoms with Gasteiger partial charge in [0.2, 0.25) is 5.91 Å². The molecule has 1 atom stereocenters. The van der Waals surface area contributed by atoms with Crippen molar-refractivity contribution in [3.05, 3.63) is 48.7 Å². The van der Waals surface area contributed by atoms with E-state index in [9.17, 15) is 4.79 Å². The van der Waals surface area contributed by atoms with Gasteiger partial charge < -0.3 is 9.88 Å². The first-order valence-electron chi connectivity index (χ1n) is 8.49. The van der Waals surface area contributed by atoms with Crippen LogP contribution in [0, 0.1) is 5.92 Å². The summed E-state index contributed by atoms with van der Waals surface area (Å²) in [6.07, 6.45) is 6.28. The number of benzene rings is 1. The molecule has 24 heavy (non-hydrogen) atoms. The van der Waals surface area contributed by atoms with Crippen LogP contribution in [0.25, 0.3) is 10.9 Å². The Morgan fingerprint density at radius 2 is 2.21 bits per heavy atom. The van der Waals surface area contributed by atoms with E-state index in [-0.39, 0.29) is 11.8 Å². The molecular weight excluding hydrogens is 302 g/mol. The van der Waals surface area contributed by atoms with E-state index in [4.69, 9.17) is 0 Å². The number of aryl methyl sites for hydroxylation is 2. The van der Waals surface area contributed by atoms with Crippen molar-refractivity contribution >= 4 is 16.8 Å². The lowest BCUT2D eigenvalue weighted by Crippen LogP contribution is -2.37. The van der Waals surface area contributed by atoms with E-state index in [0.717, 1.165) is 31.6 Å². The molecule has 0 saturated heterocycles. The van der Waals surface area contributed by atoms with E-state index in [1.807, 2.05) is 4.68 Å². The molecule has 0 radical (unpaired) electrons. The van der Waals surface area contributed by atoms with Gasteiger partial charge in [0.1, 0.15) is 12.2 Å². The second kappa shape index (κ2) is 6.47. The van der Waals surface area contributed by atoms with E-state index in [1.54, 1.807) is 6.33 Å². The fourth-order valence-corrected chi connectivity index (χ4v) is 3.39. The third kappa shape index (κ3) is 2.91. The highest BCUT2D eigenvalue weighted by Crippen LogP contribution is 2.18. The Balaban J connectivity index is 1.26. The molecule has 1 aliphatic heterocycles. The molecule has 1 amide bonds. The van der Waals surface area contributed by atoms with Crippen LogP contribution >= 0.6 is 0 Å². The Bertz CT molecular complexity index is 850. The van der Waals surface area contributed by atoms with Gasteiger partial charge in [0.15, 0.2) is 0 Å². The zero-order valence-corrected chi connectivity index (χ0v) is 13.6. The Hall–Kier alpha value is -2.63. The Labute approximate surface area is 140 Å². The van der Waals surface area contributed by atoms with Gasteiger partial charge in [0.05, 0.1) is 12.5 Å². The summed E-state index contributed by atoms with van der Waals surface area (Å²) < 4.78 is 4.09. The van der Waals surface area contributed by atoms with Crippen molar-refractivity contribution in [2.75, 3.05) is 6.54 Å². The predicted octanol–water partition coefficient (Wildman–Crippen LogP) is 2.00. The number of carbonyl (C=O) groups is 1. The number of para-hydroxylation sites is 1. The molecule has 1 aliphatic rings. The summed E-state index contributed by atoms with van der Waals surface area (Å²) in [5, 5.41) is 8.50. The lowest BCUT2D eigenvalue weighted by Gasteiger charge is -2.21. The highest BCUT2D eigenvalue weighted by atomic mass is 16.1. The molecule has 6 heteroatoms. The van der Waals surface area contributed by atoms with Crippen molar-refractivity contribution in [1.82, 2.24) is 24.6 Å². The molecule has 3 heterocycles. The average Bonchev–Trinajstić information content (AvgIpc) is 3.24. The maximum Gasteiger partial charge on any atom is 0.224 e. The number of aromatic nitrogens is 4. The first-order chi connectivity index (χ1) is 11.8. The maximum atomic E-state index is 12.3. The van der Waals surface area contributed by atoms with Crippen LogP contribution in [0.4, 0.5) is 0 Å². The molecule has 0 aliphatic carbocycles. The minimum absolute atomic E-state index is 0.00612. The van der Waals surface area contributed by atoms with Crippen LogP contribution in [-0.2, 0) is 24.3 Å². The summed E-state index contributed by atoms with van der Waals surface area (Å²) >= 11 is 0. The van der Waals surface area contributed by atoms with Crippen LogP contribution in [0.2, 0.25) is 0 Å². The van der Waals surface area contributed by atoms with Crippen molar-refractivity contribution in [3.63, 3.8) is 0 Å². The summed E-state index contributed by atoms with van der Waals surface area (Å²) in [5.74, 6) is 1.12. The Morgan fingerprint density at radius 1 is 1.29 bits per heavy atom. The van der Waals surface area contributed by atoms with Gasteiger partial charge in [-0.15, -0.1) is 0 Å². The van der Waals surface area contributed by atoms with Gasteiger partial charge in [0.25, 0.3) is 0 Å². The number of hydrogen-bond acceptors (Lipinski definition) is 3. The van der Waals surface area contributed by atoms with Gasteiger partial charge in [-0.1, -0.05) is 18.2 Å². The standard InChI is InChI=1S/C18H21N5O/c24-18(15-6-7-17-20-13-21-23(17)12-15)19-9-3-10-22-11-8-14-4-1-2-5-16(14)22/h1-2,4-5,8,11,13,15H,3,6-7,9-10,12H2,(H,19,24). The quantitative estimate of drug-likeness (QED) is 0.731. The highest BCUT2D eigenvalue weighted by molar-refractivity contribution is 5.80. The van der Waals surface area contributed by atoms with Crippen LogP contribution < -0.4 is 5.32 Å². The van der Waals surface area contributed by atoms with Gasteiger partial charge in [-0.05, 0) is 30.4 Å². The molecule has 0 spiro atoms. The number of nitrogens with one attached hydrogen (secondary N) is 1. The summed E-state index contributed by atoms with van der Waals surface area (Å²) in [7, 11) is 0. The van der Waals surface area contributed by atoms with E-state index < -0.39 is 0 Å². The molecule has 0 saturated carbocycles. The van der Waals surface area contributed by atoms with Crippen LogP contribution in [0.3, 0.4) is 0 Å². The fourth-order valence-electron chi connectivity index (χ4n) is 3.39. The third-order valence-electron chi connectivity index (χ3n) is 4.73. The van der Waals surface area contributed by atoms with Gasteiger partial charge in [-0.3, -0.25) is 4.79 Å². The summed E-state index contributed by atoms with van der Waals surface area (Å²) in [6, 6.07) is 10.5. The smallest absolute Gasteiger partial charge is 0.224 e. The molecule has 2 aromatic heterocycles. The van der Waals surface area contributed by atoms with Crippen LogP contribution in [0.15, 0.2) is 42.9 Å². The van der Waals surface area contributed by atoms with Gasteiger partial charge in [-0.25, -0.2) is 9.67 Å². The van der Waals surface area contributed by atoms with Gasteiger partial charge >= 0.3 is 0 Å². The molecule has 1 unspecified atom stereocenters. The van der Waals surface area contributed by atoms with Crippen molar-refractivity contribution in [2.45, 2.75) is 32.4 Å². The number of nitrogens with zero attached hydrogens (tertiary/aromatic N) is 4. The summed E-state index contributed by atoms with van der Waals surface area (Å²) in [6.45, 7) is 2.25. The molecule has 6 nitrogen and oxygen atoms in total. The minimum Gasteiger partial charge on any atom is -0.356 e. The molecule has 1 N–H and O–H groups in total. The predicted molar refractivity (Wildman–Crippen MR) is 91.4 cm³/mol. The maximum absolute atomic E-state index is 12.3. The zero-order valence-electron chi connectivity index (χ0n) is 13.6. The van der Waals surface area contributed by atoms with Crippen LogP contribution in [0.1, 0.15) is 18.7 Å². The number of carbonyl (C=O) groups excluding carboxylic acids is 1. The lowest BCUT2D eigenvalue weighted by atomic mass is 9.99. The van der Waals surface area contributed by atoms with Crippen LogP contribution in [-0.4, -0.2) is 31.8 Å². The van der Waals surface area contributed by atoms with Crippen molar-refractivity contribution in [1.29, 1.82) is 0 Å². The van der Waals surface area contributed by atoms with E-state index in [2.05, 4.69) is 56.5 Å². The number of amides is 1. The lowest BCUT2D eigenvalue weighted by molar-refractivity contribution is -0.126. The van der Waals surface area contributed by atoms with Gasteiger partial charge in [0, 0.05) is 31.2 Å². The van der Waals surface area contributed by atoms with Gasteiger partial charge in [-0.2, -0.15) is 5.10 Å². The zero-order chi connectivity index (χ0) is 16.4. The largest absolute Gasteiger partial charge is 0.356 e. The van der Waals surface area contributed by atoms with E-state index >= 15 is 0 Å². The second-order valence-electron chi connectivity index (χ2n) is 6.31. The van der Waals surface area contributed by atoms with Crippen LogP contribution in [0.5, 0.6) is 0 Å². The Morgan fingerprint density at radius 3 is 3.17 bits per heavy atom. The molecule has 1 aromatic carbocycles. The molecular formula is C18H21N5O. The first kappa shape index (κ1) is 14.9. The molecule has 4 rings (SSSR count). The number of fused-ring (bicyclic) bond motifs is 2. The number of hydrogen-bond donors (Lipinski definition) is 1. The monoisotopic (exact) mass is 323 g/mol. The highest BCUT2D eigenvalue weighted by Gasteiger charge is 2.25. The normalized spacial score (nSPS) is 16.9. The topological polar surface area (TPSA) is 64.7 Å². The number of rotatable bonds is 5. The SMILES string of the molecule is O=C(NCCCn1ccc2ccccc21)C1CCc2ncnn2C1. The summed E-state index contributed by atoms with van der Waals surface area (Å²) in [5.41, 5.74) is 1.25. The van der Waals surface area contributed by atoms with E-state index in [0.29, 0.717) is 13.1 Å². The van der Waals surface area contributed by atoms with Crippen molar-refractivity contribution in [2.24, 2.45) is 5.92 Å². The Kier molecular flexibility index (Phi) is 4.02. The molecule has 0 fully saturated rings. The minimum atomic E-state index is 0.00612. The van der Waals surface area contributed by atoms with E-state index in [1.165, 1.54) is 10.9 Å². The second-order valence-corrected chi connectivity index (χ2v) is 6.31.